The number of halogens is 1. The largest absolute Gasteiger partial charge is 0.465 e. The van der Waals surface area contributed by atoms with Crippen molar-refractivity contribution >= 4 is 27.9 Å². The molecule has 16 heavy (non-hydrogen) atoms. The van der Waals surface area contributed by atoms with Crippen LogP contribution in [0.2, 0.25) is 0 Å². The zero-order chi connectivity index (χ0) is 12.8. The highest BCUT2D eigenvalue weighted by Gasteiger charge is 2.25. The third kappa shape index (κ3) is 6.61. The molecular weight excluding hydrogens is 276 g/mol. The molecule has 4 nitrogen and oxygen atoms in total. The van der Waals surface area contributed by atoms with Crippen molar-refractivity contribution in [3.63, 3.8) is 0 Å². The predicted molar refractivity (Wildman–Crippen MR) is 64.4 cm³/mol. The number of rotatable bonds is 6. The van der Waals surface area contributed by atoms with Gasteiger partial charge in [0.25, 0.3) is 0 Å². The van der Waals surface area contributed by atoms with Crippen LogP contribution in [0.1, 0.15) is 27.2 Å². The summed E-state index contributed by atoms with van der Waals surface area (Å²) < 4.78 is 9.10. The molecule has 0 atom stereocenters. The van der Waals surface area contributed by atoms with E-state index in [1.54, 1.807) is 20.8 Å². The highest BCUT2D eigenvalue weighted by atomic mass is 79.9. The Morgan fingerprint density at radius 2 is 1.75 bits per heavy atom. The van der Waals surface area contributed by atoms with Gasteiger partial charge >= 0.3 is 11.9 Å². The minimum Gasteiger partial charge on any atom is -0.465 e. The van der Waals surface area contributed by atoms with Crippen LogP contribution in [0.3, 0.4) is 0 Å². The summed E-state index contributed by atoms with van der Waals surface area (Å²) in [5, 5.41) is 0. The van der Waals surface area contributed by atoms with E-state index in [4.69, 9.17) is 9.47 Å². The minimum atomic E-state index is -0.679. The minimum absolute atomic E-state index is 0.224. The van der Waals surface area contributed by atoms with Gasteiger partial charge in [0.2, 0.25) is 0 Å². The van der Waals surface area contributed by atoms with Gasteiger partial charge < -0.3 is 9.47 Å². The first-order valence-corrected chi connectivity index (χ1v) is 5.73. The molecule has 0 aliphatic heterocycles. The average Bonchev–Trinajstić information content (AvgIpc) is 2.14. The fourth-order valence-corrected chi connectivity index (χ4v) is 0.798. The van der Waals surface area contributed by atoms with E-state index in [0.29, 0.717) is 12.0 Å². The lowest BCUT2D eigenvalue weighted by atomic mass is 10.2. The van der Waals surface area contributed by atoms with Crippen molar-refractivity contribution in [1.82, 2.24) is 0 Å². The summed E-state index contributed by atoms with van der Waals surface area (Å²) in [6.07, 6.45) is 0.480. The number of hydrogen-bond donors (Lipinski definition) is 0. The van der Waals surface area contributed by atoms with E-state index < -0.39 is 10.3 Å². The second-order valence-electron chi connectivity index (χ2n) is 3.88. The van der Waals surface area contributed by atoms with E-state index in [9.17, 15) is 9.59 Å². The second-order valence-corrected chi connectivity index (χ2v) is 5.86. The van der Waals surface area contributed by atoms with E-state index in [0.717, 1.165) is 0 Å². The average molecular weight is 293 g/mol. The molecule has 0 saturated carbocycles. The SMILES string of the molecule is C=C(C)C(=O)OCCCOC(=O)C(C)(C)Br. The van der Waals surface area contributed by atoms with Crippen LogP contribution in [0.4, 0.5) is 0 Å². The molecule has 0 heterocycles. The maximum Gasteiger partial charge on any atom is 0.333 e. The monoisotopic (exact) mass is 292 g/mol. The first kappa shape index (κ1) is 15.2. The summed E-state index contributed by atoms with van der Waals surface area (Å²) in [6.45, 7) is 8.89. The normalized spacial score (nSPS) is 10.8. The first-order chi connectivity index (χ1) is 7.25. The summed E-state index contributed by atoms with van der Waals surface area (Å²) in [5.41, 5.74) is 0.360. The molecule has 0 saturated heterocycles. The Labute approximate surface area is 104 Å². The summed E-state index contributed by atoms with van der Waals surface area (Å²) in [5.74, 6) is -0.758. The molecule has 0 unspecified atom stereocenters. The number of carbonyl (C=O) groups is 2. The van der Waals surface area contributed by atoms with E-state index >= 15 is 0 Å². The highest BCUT2D eigenvalue weighted by molar-refractivity contribution is 9.10. The maximum atomic E-state index is 11.3. The molecule has 0 aromatic heterocycles. The molecule has 92 valence electrons. The molecular formula is C11H17BrO4. The molecule has 0 amide bonds. The maximum absolute atomic E-state index is 11.3. The fourth-order valence-electron chi connectivity index (χ4n) is 0.683. The number of ether oxygens (including phenoxy) is 2. The lowest BCUT2D eigenvalue weighted by molar-refractivity contribution is -0.146. The second kappa shape index (κ2) is 6.68. The van der Waals surface area contributed by atoms with Gasteiger partial charge in [0.15, 0.2) is 0 Å². The third-order valence-electron chi connectivity index (χ3n) is 1.59. The Hall–Kier alpha value is -0.840. The van der Waals surface area contributed by atoms with Crippen molar-refractivity contribution in [2.45, 2.75) is 31.5 Å². The van der Waals surface area contributed by atoms with Crippen LogP contribution >= 0.6 is 15.9 Å². The van der Waals surface area contributed by atoms with Gasteiger partial charge in [-0.15, -0.1) is 0 Å². The summed E-state index contributed by atoms with van der Waals surface area (Å²) in [7, 11) is 0. The van der Waals surface area contributed by atoms with Crippen LogP contribution in [0.5, 0.6) is 0 Å². The Balaban J connectivity index is 3.59. The van der Waals surface area contributed by atoms with Crippen LogP contribution < -0.4 is 0 Å². The molecule has 0 aliphatic rings. The van der Waals surface area contributed by atoms with Gasteiger partial charge in [0, 0.05) is 12.0 Å². The highest BCUT2D eigenvalue weighted by Crippen LogP contribution is 2.17. The van der Waals surface area contributed by atoms with Crippen molar-refractivity contribution in [1.29, 1.82) is 0 Å². The Morgan fingerprint density at radius 1 is 1.25 bits per heavy atom. The molecule has 0 N–H and O–H groups in total. The topological polar surface area (TPSA) is 52.6 Å². The fraction of sp³-hybridized carbons (Fsp3) is 0.636. The molecule has 0 aromatic carbocycles. The first-order valence-electron chi connectivity index (χ1n) is 4.94. The summed E-state index contributed by atoms with van der Waals surface area (Å²) >= 11 is 3.18. The van der Waals surface area contributed by atoms with Crippen LogP contribution in [0.15, 0.2) is 12.2 Å². The smallest absolute Gasteiger partial charge is 0.333 e. The molecule has 0 rings (SSSR count). The molecule has 0 radical (unpaired) electrons. The van der Waals surface area contributed by atoms with Crippen molar-refractivity contribution in [3.8, 4) is 0 Å². The third-order valence-corrected chi connectivity index (χ3v) is 1.91. The van der Waals surface area contributed by atoms with E-state index in [1.807, 2.05) is 0 Å². The van der Waals surface area contributed by atoms with Gasteiger partial charge in [-0.05, 0) is 20.8 Å². The van der Waals surface area contributed by atoms with Gasteiger partial charge in [-0.2, -0.15) is 0 Å². The van der Waals surface area contributed by atoms with Crippen molar-refractivity contribution in [2.75, 3.05) is 13.2 Å². The van der Waals surface area contributed by atoms with Gasteiger partial charge in [-0.1, -0.05) is 22.5 Å². The zero-order valence-corrected chi connectivity index (χ0v) is 11.4. The summed E-state index contributed by atoms with van der Waals surface area (Å²) in [4.78, 5) is 22.2. The number of hydrogen-bond acceptors (Lipinski definition) is 4. The van der Waals surface area contributed by atoms with E-state index in [2.05, 4.69) is 22.5 Å². The quantitative estimate of drug-likeness (QED) is 0.326. The van der Waals surface area contributed by atoms with Gasteiger partial charge in [0.1, 0.15) is 4.32 Å². The van der Waals surface area contributed by atoms with Gasteiger partial charge in [-0.3, -0.25) is 4.79 Å². The number of carbonyl (C=O) groups excluding carboxylic acids is 2. The van der Waals surface area contributed by atoms with Gasteiger partial charge in [0.05, 0.1) is 13.2 Å². The van der Waals surface area contributed by atoms with Crippen molar-refractivity contribution in [2.24, 2.45) is 0 Å². The van der Waals surface area contributed by atoms with Crippen LogP contribution in [0, 0.1) is 0 Å². The zero-order valence-electron chi connectivity index (χ0n) is 9.84. The molecule has 0 fully saturated rings. The van der Waals surface area contributed by atoms with Gasteiger partial charge in [-0.25, -0.2) is 4.79 Å². The van der Waals surface area contributed by atoms with E-state index in [-0.39, 0.29) is 19.2 Å². The van der Waals surface area contributed by atoms with E-state index in [1.165, 1.54) is 0 Å². The van der Waals surface area contributed by atoms with Crippen LogP contribution in [0.25, 0.3) is 0 Å². The van der Waals surface area contributed by atoms with Crippen LogP contribution in [-0.4, -0.2) is 29.5 Å². The molecule has 0 aromatic rings. The number of esters is 2. The van der Waals surface area contributed by atoms with Crippen molar-refractivity contribution < 1.29 is 19.1 Å². The Bertz CT molecular complexity index is 278. The number of alkyl halides is 1. The molecule has 5 heteroatoms. The summed E-state index contributed by atoms with van der Waals surface area (Å²) in [6, 6.07) is 0. The predicted octanol–water partition coefficient (Wildman–Crippen LogP) is 2.21. The standard InChI is InChI=1S/C11H17BrO4/c1-8(2)9(13)15-6-5-7-16-10(14)11(3,4)12/h1,5-7H2,2-4H3. The van der Waals surface area contributed by atoms with Crippen molar-refractivity contribution in [3.05, 3.63) is 12.2 Å². The Morgan fingerprint density at radius 3 is 2.19 bits per heavy atom. The lowest BCUT2D eigenvalue weighted by Crippen LogP contribution is -2.27. The lowest BCUT2D eigenvalue weighted by Gasteiger charge is -2.14. The molecule has 0 spiro atoms. The van der Waals surface area contributed by atoms with Crippen LogP contribution in [-0.2, 0) is 19.1 Å². The molecule has 0 bridgehead atoms. The Kier molecular flexibility index (Phi) is 6.33. The molecule has 0 aliphatic carbocycles.